The molecule has 0 saturated carbocycles. The van der Waals surface area contributed by atoms with Crippen LogP contribution in [0.1, 0.15) is 30.4 Å². The number of hydrogen-bond donors (Lipinski definition) is 0. The summed E-state index contributed by atoms with van der Waals surface area (Å²) in [6.07, 6.45) is 3.64. The molecule has 0 aliphatic carbocycles. The molecule has 0 bridgehead atoms. The zero-order valence-corrected chi connectivity index (χ0v) is 15.9. The molecule has 2 aromatic rings. The predicted molar refractivity (Wildman–Crippen MR) is 106 cm³/mol. The Morgan fingerprint density at radius 2 is 1.74 bits per heavy atom. The Balaban J connectivity index is 1.50. The van der Waals surface area contributed by atoms with Crippen LogP contribution in [0.2, 0.25) is 0 Å². The lowest BCUT2D eigenvalue weighted by Crippen LogP contribution is -2.33. The Labute approximate surface area is 162 Å². The quantitative estimate of drug-likeness (QED) is 0.599. The van der Waals surface area contributed by atoms with Crippen molar-refractivity contribution in [2.45, 2.75) is 38.3 Å². The molecule has 1 amide bonds. The summed E-state index contributed by atoms with van der Waals surface area (Å²) in [6, 6.07) is 20.5. The lowest BCUT2D eigenvalue weighted by molar-refractivity contribution is -0.133. The van der Waals surface area contributed by atoms with Gasteiger partial charge < -0.3 is 14.4 Å². The molecule has 1 atom stereocenters. The van der Waals surface area contributed by atoms with Crippen LogP contribution < -0.4 is 0 Å². The largest absolute Gasteiger partial charge is 0.378 e. The third kappa shape index (κ3) is 6.81. The van der Waals surface area contributed by atoms with Gasteiger partial charge in [-0.1, -0.05) is 60.7 Å². The lowest BCUT2D eigenvalue weighted by Gasteiger charge is -2.23. The molecule has 0 N–H and O–H groups in total. The maximum atomic E-state index is 12.8. The van der Waals surface area contributed by atoms with E-state index in [1.54, 1.807) is 0 Å². The fraction of sp³-hybridized carbons (Fsp3) is 0.435. The van der Waals surface area contributed by atoms with Gasteiger partial charge in [-0.05, 0) is 30.4 Å². The van der Waals surface area contributed by atoms with E-state index in [9.17, 15) is 4.79 Å². The van der Waals surface area contributed by atoms with E-state index in [2.05, 4.69) is 24.3 Å². The van der Waals surface area contributed by atoms with Crippen LogP contribution in [0.3, 0.4) is 0 Å². The zero-order valence-electron chi connectivity index (χ0n) is 15.9. The first-order valence-electron chi connectivity index (χ1n) is 9.86. The Kier molecular flexibility index (Phi) is 7.87. The molecule has 1 unspecified atom stereocenters. The molecule has 1 aliphatic heterocycles. The summed E-state index contributed by atoms with van der Waals surface area (Å²) >= 11 is 0. The minimum Gasteiger partial charge on any atom is -0.378 e. The topological polar surface area (TPSA) is 38.8 Å². The minimum atomic E-state index is 0.141. The van der Waals surface area contributed by atoms with Crippen molar-refractivity contribution in [2.75, 3.05) is 26.4 Å². The number of hydrogen-bond acceptors (Lipinski definition) is 3. The van der Waals surface area contributed by atoms with Gasteiger partial charge in [-0.3, -0.25) is 4.79 Å². The summed E-state index contributed by atoms with van der Waals surface area (Å²) < 4.78 is 11.2. The van der Waals surface area contributed by atoms with Crippen molar-refractivity contribution in [1.82, 2.24) is 4.90 Å². The van der Waals surface area contributed by atoms with Crippen molar-refractivity contribution in [3.63, 3.8) is 0 Å². The molecule has 1 saturated heterocycles. The molecule has 1 heterocycles. The van der Waals surface area contributed by atoms with E-state index in [-0.39, 0.29) is 12.0 Å². The highest BCUT2D eigenvalue weighted by molar-refractivity contribution is 5.76. The molecule has 1 aliphatic rings. The zero-order chi connectivity index (χ0) is 18.7. The molecule has 3 rings (SSSR count). The predicted octanol–water partition coefficient (Wildman–Crippen LogP) is 3.84. The minimum absolute atomic E-state index is 0.141. The van der Waals surface area contributed by atoms with Gasteiger partial charge in [0.25, 0.3) is 0 Å². The molecule has 4 heteroatoms. The van der Waals surface area contributed by atoms with Gasteiger partial charge in [-0.2, -0.15) is 0 Å². The normalized spacial score (nSPS) is 16.4. The molecule has 0 spiro atoms. The third-order valence-corrected chi connectivity index (χ3v) is 4.87. The highest BCUT2D eigenvalue weighted by Gasteiger charge is 2.17. The molecule has 2 aromatic carbocycles. The average Bonchev–Trinajstić information content (AvgIpc) is 3.23. The van der Waals surface area contributed by atoms with Crippen LogP contribution in [0.25, 0.3) is 0 Å². The van der Waals surface area contributed by atoms with Gasteiger partial charge in [-0.15, -0.1) is 0 Å². The van der Waals surface area contributed by atoms with Crippen LogP contribution in [0.5, 0.6) is 0 Å². The maximum Gasteiger partial charge on any atom is 0.225 e. The summed E-state index contributed by atoms with van der Waals surface area (Å²) in [5, 5.41) is 0. The number of carbonyl (C=O) groups is 1. The second-order valence-corrected chi connectivity index (χ2v) is 7.00. The summed E-state index contributed by atoms with van der Waals surface area (Å²) in [6.45, 7) is 3.23. The van der Waals surface area contributed by atoms with E-state index in [1.165, 1.54) is 5.56 Å². The van der Waals surface area contributed by atoms with Crippen molar-refractivity contribution < 1.29 is 14.3 Å². The average molecular weight is 367 g/mol. The van der Waals surface area contributed by atoms with Crippen molar-refractivity contribution in [2.24, 2.45) is 0 Å². The summed E-state index contributed by atoms with van der Waals surface area (Å²) in [5.74, 6) is 0.141. The third-order valence-electron chi connectivity index (χ3n) is 4.87. The standard InChI is InChI=1S/C23H29NO3/c25-23(14-17-26-19-22-12-7-16-27-22)24(18-21-10-5-2-6-11-21)15-13-20-8-3-1-4-9-20/h1-6,8-11,22H,7,12-19H2. The van der Waals surface area contributed by atoms with Gasteiger partial charge in [0, 0.05) is 19.7 Å². The van der Waals surface area contributed by atoms with E-state index >= 15 is 0 Å². The smallest absolute Gasteiger partial charge is 0.225 e. The summed E-state index contributed by atoms with van der Waals surface area (Å²) in [7, 11) is 0. The molecule has 27 heavy (non-hydrogen) atoms. The highest BCUT2D eigenvalue weighted by atomic mass is 16.5. The number of rotatable bonds is 10. The molecule has 0 radical (unpaired) electrons. The SMILES string of the molecule is O=C(CCOCC1CCCO1)N(CCc1ccccc1)Cc1ccccc1. The Hall–Kier alpha value is -2.17. The number of benzene rings is 2. The Morgan fingerprint density at radius 1 is 1.04 bits per heavy atom. The summed E-state index contributed by atoms with van der Waals surface area (Å²) in [4.78, 5) is 14.7. The number of ether oxygens (including phenoxy) is 2. The molecule has 144 valence electrons. The molecular weight excluding hydrogens is 338 g/mol. The number of carbonyl (C=O) groups excluding carboxylic acids is 1. The lowest BCUT2D eigenvalue weighted by atomic mass is 10.1. The van der Waals surface area contributed by atoms with E-state index in [0.29, 0.717) is 32.7 Å². The van der Waals surface area contributed by atoms with Crippen molar-refractivity contribution >= 4 is 5.91 Å². The van der Waals surface area contributed by atoms with Gasteiger partial charge in [0.15, 0.2) is 0 Å². The highest BCUT2D eigenvalue weighted by Crippen LogP contribution is 2.13. The molecular formula is C23H29NO3. The van der Waals surface area contributed by atoms with Gasteiger partial charge >= 0.3 is 0 Å². The van der Waals surface area contributed by atoms with Gasteiger partial charge in [0.2, 0.25) is 5.91 Å². The van der Waals surface area contributed by atoms with Crippen molar-refractivity contribution in [1.29, 1.82) is 0 Å². The summed E-state index contributed by atoms with van der Waals surface area (Å²) in [5.41, 5.74) is 2.40. The second-order valence-electron chi connectivity index (χ2n) is 7.00. The van der Waals surface area contributed by atoms with Gasteiger partial charge in [0.05, 0.1) is 25.7 Å². The van der Waals surface area contributed by atoms with Crippen LogP contribution in [0, 0.1) is 0 Å². The molecule has 4 nitrogen and oxygen atoms in total. The fourth-order valence-corrected chi connectivity index (χ4v) is 3.31. The van der Waals surface area contributed by atoms with Crippen LogP contribution >= 0.6 is 0 Å². The first kappa shape index (κ1) is 19.6. The Morgan fingerprint density at radius 3 is 2.41 bits per heavy atom. The Bertz CT molecular complexity index is 669. The van der Waals surface area contributed by atoms with E-state index in [4.69, 9.17) is 9.47 Å². The molecule has 0 aromatic heterocycles. The van der Waals surface area contributed by atoms with Gasteiger partial charge in [0.1, 0.15) is 0 Å². The first-order chi connectivity index (χ1) is 13.3. The van der Waals surface area contributed by atoms with Crippen molar-refractivity contribution in [3.05, 3.63) is 71.8 Å². The number of nitrogens with zero attached hydrogens (tertiary/aromatic N) is 1. The first-order valence-corrected chi connectivity index (χ1v) is 9.86. The monoisotopic (exact) mass is 367 g/mol. The van der Waals surface area contributed by atoms with Crippen LogP contribution in [-0.4, -0.2) is 43.3 Å². The van der Waals surface area contributed by atoms with E-state index in [1.807, 2.05) is 41.3 Å². The van der Waals surface area contributed by atoms with Crippen LogP contribution in [-0.2, 0) is 27.2 Å². The van der Waals surface area contributed by atoms with E-state index < -0.39 is 0 Å². The fourth-order valence-electron chi connectivity index (χ4n) is 3.31. The van der Waals surface area contributed by atoms with Crippen LogP contribution in [0.4, 0.5) is 0 Å². The van der Waals surface area contributed by atoms with Crippen LogP contribution in [0.15, 0.2) is 60.7 Å². The number of amides is 1. The maximum absolute atomic E-state index is 12.8. The molecule has 1 fully saturated rings. The van der Waals surface area contributed by atoms with Crippen molar-refractivity contribution in [3.8, 4) is 0 Å². The van der Waals surface area contributed by atoms with Gasteiger partial charge in [-0.25, -0.2) is 0 Å². The van der Waals surface area contributed by atoms with E-state index in [0.717, 1.165) is 31.4 Å². The second kappa shape index (κ2) is 10.9.